The van der Waals surface area contributed by atoms with Gasteiger partial charge in [0.15, 0.2) is 5.13 Å². The zero-order valence-electron chi connectivity index (χ0n) is 11.3. The number of benzene rings is 1. The lowest BCUT2D eigenvalue weighted by Crippen LogP contribution is -2.08. The van der Waals surface area contributed by atoms with Gasteiger partial charge in [0.2, 0.25) is 0 Å². The third-order valence-electron chi connectivity index (χ3n) is 2.79. The van der Waals surface area contributed by atoms with Crippen LogP contribution < -0.4 is 10.6 Å². The molecule has 3 rings (SSSR count). The van der Waals surface area contributed by atoms with Gasteiger partial charge >= 0.3 is 0 Å². The van der Waals surface area contributed by atoms with Crippen LogP contribution in [-0.2, 0) is 0 Å². The molecule has 0 spiro atoms. The first-order valence-corrected chi connectivity index (χ1v) is 8.05. The van der Waals surface area contributed by atoms with E-state index in [4.69, 9.17) is 0 Å². The van der Waals surface area contributed by atoms with Gasteiger partial charge in [0, 0.05) is 5.69 Å². The molecule has 0 bridgehead atoms. The first-order chi connectivity index (χ1) is 10.2. The molecule has 2 N–H and O–H groups in total. The molecule has 0 aliphatic heterocycles. The maximum absolute atomic E-state index is 11.9. The first-order valence-electron chi connectivity index (χ1n) is 6.35. The Morgan fingerprint density at radius 1 is 1.19 bits per heavy atom. The van der Waals surface area contributed by atoms with Gasteiger partial charge in [-0.15, -0.1) is 11.3 Å². The predicted molar refractivity (Wildman–Crippen MR) is 88.8 cm³/mol. The second kappa shape index (κ2) is 6.07. The average Bonchev–Trinajstić information content (AvgIpc) is 3.13. The zero-order chi connectivity index (χ0) is 14.7. The van der Waals surface area contributed by atoms with Crippen LogP contribution in [-0.4, -0.2) is 10.9 Å². The number of rotatable bonds is 4. The summed E-state index contributed by atoms with van der Waals surface area (Å²) in [7, 11) is 0. The second-order valence-electron chi connectivity index (χ2n) is 4.45. The van der Waals surface area contributed by atoms with E-state index in [0.717, 1.165) is 15.8 Å². The molecule has 106 valence electrons. The summed E-state index contributed by atoms with van der Waals surface area (Å²) in [4.78, 5) is 16.9. The molecule has 21 heavy (non-hydrogen) atoms. The molecule has 0 radical (unpaired) electrons. The fourth-order valence-corrected chi connectivity index (χ4v) is 3.08. The standard InChI is InChI=1S/C15H13N3OS2/c1-10-4-6-11(7-5-10)17-15-16-9-13(21-15)18-14(19)12-3-2-8-20-12/h2-9H,1H3,(H,16,17)(H,18,19). The van der Waals surface area contributed by atoms with E-state index in [1.807, 2.05) is 42.6 Å². The van der Waals surface area contributed by atoms with Crippen LogP contribution >= 0.6 is 22.7 Å². The number of thiophene rings is 1. The monoisotopic (exact) mass is 315 g/mol. The molecule has 0 unspecified atom stereocenters. The van der Waals surface area contributed by atoms with Gasteiger partial charge in [-0.3, -0.25) is 4.79 Å². The van der Waals surface area contributed by atoms with Crippen LogP contribution in [0.1, 0.15) is 15.2 Å². The van der Waals surface area contributed by atoms with Gasteiger partial charge in [-0.25, -0.2) is 4.98 Å². The SMILES string of the molecule is Cc1ccc(Nc2ncc(NC(=O)c3cccs3)s2)cc1. The van der Waals surface area contributed by atoms with E-state index in [1.54, 1.807) is 12.3 Å². The Labute approximate surface area is 130 Å². The summed E-state index contributed by atoms with van der Waals surface area (Å²) in [5, 5.41) is 9.42. The highest BCUT2D eigenvalue weighted by molar-refractivity contribution is 7.19. The number of anilines is 3. The van der Waals surface area contributed by atoms with Gasteiger partial charge in [0.05, 0.1) is 11.1 Å². The van der Waals surface area contributed by atoms with Crippen LogP contribution in [0.15, 0.2) is 48.0 Å². The molecule has 2 heterocycles. The molecular weight excluding hydrogens is 302 g/mol. The van der Waals surface area contributed by atoms with E-state index in [-0.39, 0.29) is 5.91 Å². The minimum absolute atomic E-state index is 0.101. The smallest absolute Gasteiger partial charge is 0.266 e. The third-order valence-corrected chi connectivity index (χ3v) is 4.49. The molecule has 3 aromatic rings. The number of carbonyl (C=O) groups excluding carboxylic acids is 1. The molecule has 6 heteroatoms. The zero-order valence-corrected chi connectivity index (χ0v) is 12.9. The number of carbonyl (C=O) groups is 1. The number of aryl methyl sites for hydroxylation is 1. The van der Waals surface area contributed by atoms with Crippen LogP contribution in [0.25, 0.3) is 0 Å². The van der Waals surface area contributed by atoms with Gasteiger partial charge in [0.25, 0.3) is 5.91 Å². The third kappa shape index (κ3) is 3.48. The summed E-state index contributed by atoms with van der Waals surface area (Å²) in [5.74, 6) is -0.101. The summed E-state index contributed by atoms with van der Waals surface area (Å²) in [6.45, 7) is 2.05. The van der Waals surface area contributed by atoms with Crippen molar-refractivity contribution in [2.24, 2.45) is 0 Å². The normalized spacial score (nSPS) is 10.3. The Kier molecular flexibility index (Phi) is 3.98. The van der Waals surface area contributed by atoms with Crippen LogP contribution in [0.2, 0.25) is 0 Å². The summed E-state index contributed by atoms with van der Waals surface area (Å²) in [5.41, 5.74) is 2.19. The highest BCUT2D eigenvalue weighted by atomic mass is 32.1. The van der Waals surface area contributed by atoms with E-state index in [9.17, 15) is 4.79 Å². The summed E-state index contributed by atoms with van der Waals surface area (Å²) in [6, 6.07) is 11.7. The topological polar surface area (TPSA) is 54.0 Å². The van der Waals surface area contributed by atoms with Crippen molar-refractivity contribution in [3.63, 3.8) is 0 Å². The molecule has 0 saturated heterocycles. The number of hydrogen-bond donors (Lipinski definition) is 2. The van der Waals surface area contributed by atoms with Crippen molar-refractivity contribution in [3.05, 3.63) is 58.4 Å². The number of nitrogens with one attached hydrogen (secondary N) is 2. The van der Waals surface area contributed by atoms with Crippen molar-refractivity contribution in [1.82, 2.24) is 4.98 Å². The van der Waals surface area contributed by atoms with Gasteiger partial charge < -0.3 is 10.6 Å². The van der Waals surface area contributed by atoms with Crippen molar-refractivity contribution >= 4 is 44.4 Å². The molecule has 1 amide bonds. The molecular formula is C15H13N3OS2. The Balaban J connectivity index is 1.66. The highest BCUT2D eigenvalue weighted by Crippen LogP contribution is 2.27. The number of hydrogen-bond acceptors (Lipinski definition) is 5. The molecule has 0 fully saturated rings. The Bertz CT molecular complexity index is 733. The summed E-state index contributed by atoms with van der Waals surface area (Å²) < 4.78 is 0. The van der Waals surface area contributed by atoms with Crippen LogP contribution in [0, 0.1) is 6.92 Å². The van der Waals surface area contributed by atoms with Gasteiger partial charge in [-0.1, -0.05) is 35.1 Å². The average molecular weight is 315 g/mol. The van der Waals surface area contributed by atoms with E-state index in [1.165, 1.54) is 28.2 Å². The highest BCUT2D eigenvalue weighted by Gasteiger charge is 2.09. The molecule has 4 nitrogen and oxygen atoms in total. The van der Waals surface area contributed by atoms with Crippen LogP contribution in [0.3, 0.4) is 0 Å². The van der Waals surface area contributed by atoms with Crippen molar-refractivity contribution in [2.45, 2.75) is 6.92 Å². The number of nitrogens with zero attached hydrogens (tertiary/aromatic N) is 1. The van der Waals surface area contributed by atoms with Crippen LogP contribution in [0.4, 0.5) is 15.8 Å². The Morgan fingerprint density at radius 2 is 2.00 bits per heavy atom. The van der Waals surface area contributed by atoms with E-state index >= 15 is 0 Å². The van der Waals surface area contributed by atoms with E-state index in [2.05, 4.69) is 15.6 Å². The lowest BCUT2D eigenvalue weighted by Gasteiger charge is -2.02. The van der Waals surface area contributed by atoms with E-state index < -0.39 is 0 Å². The quantitative estimate of drug-likeness (QED) is 0.745. The minimum Gasteiger partial charge on any atom is -0.331 e. The number of aromatic nitrogens is 1. The fourth-order valence-electron chi connectivity index (χ4n) is 1.73. The van der Waals surface area contributed by atoms with Gasteiger partial charge in [0.1, 0.15) is 5.00 Å². The Hall–Kier alpha value is -2.18. The largest absolute Gasteiger partial charge is 0.331 e. The van der Waals surface area contributed by atoms with Crippen molar-refractivity contribution in [2.75, 3.05) is 10.6 Å². The lowest BCUT2D eigenvalue weighted by atomic mass is 10.2. The van der Waals surface area contributed by atoms with Crippen molar-refractivity contribution in [1.29, 1.82) is 0 Å². The fraction of sp³-hybridized carbons (Fsp3) is 0.0667. The molecule has 0 saturated carbocycles. The molecule has 2 aromatic heterocycles. The van der Waals surface area contributed by atoms with E-state index in [0.29, 0.717) is 4.88 Å². The Morgan fingerprint density at radius 3 is 2.71 bits per heavy atom. The summed E-state index contributed by atoms with van der Waals surface area (Å²) in [6.07, 6.45) is 1.66. The molecule has 0 atom stereocenters. The number of amides is 1. The van der Waals surface area contributed by atoms with Gasteiger partial charge in [-0.2, -0.15) is 0 Å². The lowest BCUT2D eigenvalue weighted by molar-refractivity contribution is 0.103. The van der Waals surface area contributed by atoms with Gasteiger partial charge in [-0.05, 0) is 30.5 Å². The van der Waals surface area contributed by atoms with Crippen molar-refractivity contribution < 1.29 is 4.79 Å². The minimum atomic E-state index is -0.101. The van der Waals surface area contributed by atoms with Crippen LogP contribution in [0.5, 0.6) is 0 Å². The first kappa shape index (κ1) is 13.8. The molecule has 0 aliphatic rings. The molecule has 0 aliphatic carbocycles. The maximum Gasteiger partial charge on any atom is 0.266 e. The second-order valence-corrected chi connectivity index (χ2v) is 6.43. The van der Waals surface area contributed by atoms with Crippen molar-refractivity contribution in [3.8, 4) is 0 Å². The predicted octanol–water partition coefficient (Wildman–Crippen LogP) is 4.51. The summed E-state index contributed by atoms with van der Waals surface area (Å²) >= 11 is 2.83. The maximum atomic E-state index is 11.9. The molecule has 1 aromatic carbocycles. The number of thiazole rings is 1.